The van der Waals surface area contributed by atoms with Crippen molar-refractivity contribution in [2.75, 3.05) is 24.5 Å². The van der Waals surface area contributed by atoms with Crippen LogP contribution in [0, 0.1) is 6.92 Å². The molecule has 0 saturated carbocycles. The molecule has 1 unspecified atom stereocenters. The van der Waals surface area contributed by atoms with E-state index in [-0.39, 0.29) is 17.0 Å². The number of aliphatic hydroxyl groups excluding tert-OH is 1. The molecule has 6 N–H and O–H groups in total. The summed E-state index contributed by atoms with van der Waals surface area (Å²) in [5, 5.41) is 13.8. The van der Waals surface area contributed by atoms with Crippen LogP contribution in [-0.4, -0.2) is 31.5 Å². The summed E-state index contributed by atoms with van der Waals surface area (Å²) in [4.78, 5) is 13.0. The standard InChI is InChI=1S/C23H32N4O4/c1-14-7-8-15(11-19(14)27(25)13-17(24)22(29)31-6)21(28)26-18-12-16(23(2,3)4)9-10-20(18)30-5/h7-13,22,29H,24-25H2,1-6H3,(H,26,28). The molecule has 0 spiro atoms. The lowest BCUT2D eigenvalue weighted by molar-refractivity contribution is -0.0457. The Morgan fingerprint density at radius 3 is 2.45 bits per heavy atom. The molecule has 8 heteroatoms. The Balaban J connectivity index is 2.34. The van der Waals surface area contributed by atoms with E-state index in [2.05, 4.69) is 26.1 Å². The third-order valence-electron chi connectivity index (χ3n) is 4.86. The molecule has 2 rings (SSSR count). The molecular weight excluding hydrogens is 396 g/mol. The van der Waals surface area contributed by atoms with Crippen LogP contribution in [0.1, 0.15) is 42.3 Å². The first-order valence-corrected chi connectivity index (χ1v) is 9.80. The summed E-state index contributed by atoms with van der Waals surface area (Å²) in [6, 6.07) is 10.9. The minimum absolute atomic E-state index is 0.0305. The number of benzene rings is 2. The number of ether oxygens (including phenoxy) is 2. The van der Waals surface area contributed by atoms with E-state index in [9.17, 15) is 9.90 Å². The van der Waals surface area contributed by atoms with Crippen molar-refractivity contribution in [3.05, 3.63) is 65.0 Å². The van der Waals surface area contributed by atoms with Gasteiger partial charge >= 0.3 is 0 Å². The van der Waals surface area contributed by atoms with Gasteiger partial charge in [0.1, 0.15) is 5.75 Å². The number of amides is 1. The van der Waals surface area contributed by atoms with Crippen molar-refractivity contribution in [2.45, 2.75) is 39.4 Å². The lowest BCUT2D eigenvalue weighted by Gasteiger charge is -2.22. The molecule has 2 aromatic rings. The summed E-state index contributed by atoms with van der Waals surface area (Å²) in [5.74, 6) is 6.34. The molecule has 0 aliphatic heterocycles. The van der Waals surface area contributed by atoms with Crippen molar-refractivity contribution < 1.29 is 19.4 Å². The highest BCUT2D eigenvalue weighted by atomic mass is 16.6. The number of methoxy groups -OCH3 is 2. The molecule has 1 atom stereocenters. The average Bonchev–Trinajstić information content (AvgIpc) is 2.72. The fraction of sp³-hybridized carbons (Fsp3) is 0.348. The minimum atomic E-state index is -1.28. The maximum absolute atomic E-state index is 13.0. The van der Waals surface area contributed by atoms with Crippen molar-refractivity contribution in [2.24, 2.45) is 11.6 Å². The van der Waals surface area contributed by atoms with Crippen LogP contribution in [0.5, 0.6) is 5.75 Å². The van der Waals surface area contributed by atoms with Crippen molar-refractivity contribution in [1.82, 2.24) is 0 Å². The summed E-state index contributed by atoms with van der Waals surface area (Å²) in [6.07, 6.45) is 0.0639. The topological polar surface area (TPSA) is 123 Å². The summed E-state index contributed by atoms with van der Waals surface area (Å²) in [6.45, 7) is 8.15. The molecule has 0 saturated heterocycles. The molecule has 0 aliphatic carbocycles. The number of nitrogens with zero attached hydrogens (tertiary/aromatic N) is 1. The van der Waals surface area contributed by atoms with Crippen molar-refractivity contribution in [3.8, 4) is 5.75 Å². The number of carbonyl (C=O) groups is 1. The average molecular weight is 429 g/mol. The molecule has 1 amide bonds. The van der Waals surface area contributed by atoms with Gasteiger partial charge in [-0.3, -0.25) is 9.80 Å². The van der Waals surface area contributed by atoms with Crippen molar-refractivity contribution >= 4 is 17.3 Å². The first-order chi connectivity index (χ1) is 14.5. The Morgan fingerprint density at radius 2 is 1.87 bits per heavy atom. The van der Waals surface area contributed by atoms with Crippen LogP contribution >= 0.6 is 0 Å². The Labute approximate surface area is 183 Å². The second kappa shape index (κ2) is 9.82. The van der Waals surface area contributed by atoms with Gasteiger partial charge in [0.2, 0.25) is 0 Å². The number of hydrazine groups is 1. The van der Waals surface area contributed by atoms with Crippen LogP contribution in [0.3, 0.4) is 0 Å². The molecule has 2 aromatic carbocycles. The van der Waals surface area contributed by atoms with Gasteiger partial charge in [-0.15, -0.1) is 0 Å². The molecule has 0 aliphatic rings. The SMILES string of the molecule is COc1ccc(C(C)(C)C)cc1NC(=O)c1ccc(C)c(N(N)C=C(N)C(O)OC)c1. The summed E-state index contributed by atoms with van der Waals surface area (Å²) in [7, 11) is 2.88. The number of aryl methyl sites for hydroxylation is 1. The highest BCUT2D eigenvalue weighted by molar-refractivity contribution is 6.05. The lowest BCUT2D eigenvalue weighted by atomic mass is 9.87. The van der Waals surface area contributed by atoms with Gasteiger partial charge in [-0.1, -0.05) is 32.9 Å². The first-order valence-electron chi connectivity index (χ1n) is 9.80. The Kier molecular flexibility index (Phi) is 7.67. The number of rotatable bonds is 7. The number of nitrogens with two attached hydrogens (primary N) is 2. The molecule has 31 heavy (non-hydrogen) atoms. The quantitative estimate of drug-likeness (QED) is 0.304. The highest BCUT2D eigenvalue weighted by Crippen LogP contribution is 2.32. The second-order valence-corrected chi connectivity index (χ2v) is 8.24. The van der Waals surface area contributed by atoms with Gasteiger partial charge in [0.05, 0.1) is 24.2 Å². The van der Waals surface area contributed by atoms with Crippen LogP contribution in [0.25, 0.3) is 0 Å². The Hall–Kier alpha value is -3.07. The first kappa shape index (κ1) is 24.2. The minimum Gasteiger partial charge on any atom is -0.495 e. The smallest absolute Gasteiger partial charge is 0.255 e. The van der Waals surface area contributed by atoms with Crippen LogP contribution < -0.4 is 26.6 Å². The van der Waals surface area contributed by atoms with E-state index in [0.717, 1.165) is 11.1 Å². The second-order valence-electron chi connectivity index (χ2n) is 8.24. The number of aliphatic hydroxyl groups is 1. The lowest BCUT2D eigenvalue weighted by Crippen LogP contribution is -2.30. The van der Waals surface area contributed by atoms with Crippen molar-refractivity contribution in [1.29, 1.82) is 0 Å². The van der Waals surface area contributed by atoms with E-state index in [1.807, 2.05) is 25.1 Å². The predicted octanol–water partition coefficient (Wildman–Crippen LogP) is 3.00. The van der Waals surface area contributed by atoms with Gasteiger partial charge in [0.25, 0.3) is 5.91 Å². The largest absolute Gasteiger partial charge is 0.495 e. The Bertz CT molecular complexity index is 967. The summed E-state index contributed by atoms with van der Waals surface area (Å²) >= 11 is 0. The van der Waals surface area contributed by atoms with E-state index < -0.39 is 6.29 Å². The zero-order chi connectivity index (χ0) is 23.3. The molecule has 0 heterocycles. The molecule has 0 radical (unpaired) electrons. The van der Waals surface area contributed by atoms with E-state index in [0.29, 0.717) is 22.7 Å². The number of nitrogens with one attached hydrogen (secondary N) is 1. The zero-order valence-corrected chi connectivity index (χ0v) is 18.9. The maximum atomic E-state index is 13.0. The van der Waals surface area contributed by atoms with Gasteiger partial charge in [-0.2, -0.15) is 0 Å². The zero-order valence-electron chi connectivity index (χ0n) is 18.9. The van der Waals surface area contributed by atoms with E-state index in [1.165, 1.54) is 18.3 Å². The van der Waals surface area contributed by atoms with E-state index in [1.54, 1.807) is 25.3 Å². The van der Waals surface area contributed by atoms with Gasteiger partial charge in [-0.05, 0) is 47.7 Å². The normalized spacial score (nSPS) is 13.0. The molecule has 168 valence electrons. The van der Waals surface area contributed by atoms with E-state index >= 15 is 0 Å². The number of carbonyl (C=O) groups excluding carboxylic acids is 1. The Morgan fingerprint density at radius 1 is 1.19 bits per heavy atom. The van der Waals surface area contributed by atoms with Gasteiger partial charge in [0.15, 0.2) is 6.29 Å². The van der Waals surface area contributed by atoms with Gasteiger partial charge < -0.3 is 25.6 Å². The monoisotopic (exact) mass is 428 g/mol. The fourth-order valence-electron chi connectivity index (χ4n) is 2.93. The number of hydrogen-bond acceptors (Lipinski definition) is 7. The molecule has 8 nitrogen and oxygen atoms in total. The highest BCUT2D eigenvalue weighted by Gasteiger charge is 2.18. The van der Waals surface area contributed by atoms with Crippen molar-refractivity contribution in [3.63, 3.8) is 0 Å². The van der Waals surface area contributed by atoms with Gasteiger partial charge in [-0.25, -0.2) is 5.84 Å². The summed E-state index contributed by atoms with van der Waals surface area (Å²) < 4.78 is 10.2. The molecule has 0 bridgehead atoms. The van der Waals surface area contributed by atoms with E-state index in [4.69, 9.17) is 21.1 Å². The third kappa shape index (κ3) is 5.97. The van der Waals surface area contributed by atoms with Crippen LogP contribution in [-0.2, 0) is 10.2 Å². The number of hydrogen-bond donors (Lipinski definition) is 4. The molecular formula is C23H32N4O4. The van der Waals surface area contributed by atoms with Crippen LogP contribution in [0.4, 0.5) is 11.4 Å². The molecule has 0 fully saturated rings. The van der Waals surface area contributed by atoms with Gasteiger partial charge in [0, 0.05) is 18.9 Å². The molecule has 0 aromatic heterocycles. The predicted molar refractivity (Wildman–Crippen MR) is 123 cm³/mol. The number of anilines is 2. The fourth-order valence-corrected chi connectivity index (χ4v) is 2.93. The van der Waals surface area contributed by atoms with Crippen LogP contribution in [0.15, 0.2) is 48.3 Å². The maximum Gasteiger partial charge on any atom is 0.255 e. The summed E-state index contributed by atoms with van der Waals surface area (Å²) in [5.41, 5.74) is 9.14. The van der Waals surface area contributed by atoms with Crippen LogP contribution in [0.2, 0.25) is 0 Å². The third-order valence-corrected chi connectivity index (χ3v) is 4.86.